The molecule has 0 aliphatic carbocycles. The maximum absolute atomic E-state index is 10.8. The molecule has 0 bridgehead atoms. The molecule has 0 spiro atoms. The highest BCUT2D eigenvalue weighted by molar-refractivity contribution is 8.18. The van der Waals surface area contributed by atoms with E-state index in [1.165, 1.54) is 11.8 Å². The number of carbonyl (C=O) groups is 1. The van der Waals surface area contributed by atoms with E-state index in [2.05, 4.69) is 4.99 Å². The van der Waals surface area contributed by atoms with Crippen LogP contribution >= 0.6 is 11.8 Å². The lowest BCUT2D eigenvalue weighted by molar-refractivity contribution is -0.102. The molecule has 18 heavy (non-hydrogen) atoms. The Morgan fingerprint density at radius 2 is 1.94 bits per heavy atom. The number of nitrogens with zero attached hydrogens (tertiary/aromatic N) is 2. The lowest BCUT2D eigenvalue weighted by Crippen LogP contribution is -2.07. The quantitative estimate of drug-likeness (QED) is 0.848. The van der Waals surface area contributed by atoms with Gasteiger partial charge in [0, 0.05) is 24.7 Å². The summed E-state index contributed by atoms with van der Waals surface area (Å²) in [5.74, 6) is 0. The zero-order valence-corrected chi connectivity index (χ0v) is 11.0. The van der Waals surface area contributed by atoms with Gasteiger partial charge in [-0.05, 0) is 35.5 Å². The van der Waals surface area contributed by atoms with Crippen molar-refractivity contribution in [3.05, 3.63) is 34.7 Å². The summed E-state index contributed by atoms with van der Waals surface area (Å²) in [5.41, 5.74) is 2.45. The minimum absolute atomic E-state index is 0.160. The number of benzene rings is 1. The Labute approximate surface area is 110 Å². The van der Waals surface area contributed by atoms with E-state index in [-0.39, 0.29) is 5.17 Å². The second kappa shape index (κ2) is 5.18. The fourth-order valence-electron chi connectivity index (χ4n) is 1.55. The highest BCUT2D eigenvalue weighted by atomic mass is 32.2. The summed E-state index contributed by atoms with van der Waals surface area (Å²) in [4.78, 5) is 17.4. The van der Waals surface area contributed by atoms with E-state index in [4.69, 9.17) is 5.41 Å². The van der Waals surface area contributed by atoms with Crippen molar-refractivity contribution in [1.82, 2.24) is 0 Å². The van der Waals surface area contributed by atoms with Gasteiger partial charge in [-0.1, -0.05) is 12.1 Å². The van der Waals surface area contributed by atoms with E-state index < -0.39 is 0 Å². The van der Waals surface area contributed by atoms with E-state index in [0.29, 0.717) is 12.0 Å². The van der Waals surface area contributed by atoms with Crippen molar-refractivity contribution in [2.24, 2.45) is 4.99 Å². The molecule has 92 valence electrons. The number of thioether (sulfide) groups is 1. The van der Waals surface area contributed by atoms with Gasteiger partial charge in [0.05, 0.1) is 0 Å². The Bertz CT molecular complexity index is 544. The van der Waals surface area contributed by atoms with Crippen molar-refractivity contribution in [2.45, 2.75) is 0 Å². The molecule has 0 saturated heterocycles. The molecule has 0 aromatic heterocycles. The molecule has 5 heteroatoms. The SMILES string of the molecule is CN(C)c1ccc(C=C2SC(=N)N=C2C=O)cc1. The van der Waals surface area contributed by atoms with Crippen LogP contribution in [0.4, 0.5) is 5.69 Å². The first-order chi connectivity index (χ1) is 8.60. The number of anilines is 1. The normalized spacial score (nSPS) is 16.9. The Morgan fingerprint density at radius 3 is 2.50 bits per heavy atom. The third-order valence-corrected chi connectivity index (χ3v) is 3.33. The summed E-state index contributed by atoms with van der Waals surface area (Å²) < 4.78 is 0. The van der Waals surface area contributed by atoms with Crippen LogP contribution in [-0.2, 0) is 4.79 Å². The van der Waals surface area contributed by atoms with Gasteiger partial charge in [-0.15, -0.1) is 0 Å². The first-order valence-corrected chi connectivity index (χ1v) is 6.21. The summed E-state index contributed by atoms with van der Waals surface area (Å²) in [5, 5.41) is 7.60. The van der Waals surface area contributed by atoms with Gasteiger partial charge in [0.25, 0.3) is 0 Å². The van der Waals surface area contributed by atoms with Crippen molar-refractivity contribution < 1.29 is 4.79 Å². The fraction of sp³-hybridized carbons (Fsp3) is 0.154. The molecule has 4 nitrogen and oxygen atoms in total. The molecule has 1 aromatic carbocycles. The molecule has 0 saturated carbocycles. The second-order valence-electron chi connectivity index (χ2n) is 4.02. The summed E-state index contributed by atoms with van der Waals surface area (Å²) >= 11 is 1.20. The van der Waals surface area contributed by atoms with Gasteiger partial charge in [0.2, 0.25) is 0 Å². The monoisotopic (exact) mass is 259 g/mol. The third kappa shape index (κ3) is 2.68. The number of hydrogen-bond acceptors (Lipinski definition) is 4. The van der Waals surface area contributed by atoms with Gasteiger partial charge in [0.1, 0.15) is 5.71 Å². The van der Waals surface area contributed by atoms with Crippen LogP contribution in [0, 0.1) is 5.41 Å². The molecular weight excluding hydrogens is 246 g/mol. The van der Waals surface area contributed by atoms with Crippen molar-refractivity contribution in [3.8, 4) is 0 Å². The number of aliphatic imine (C=N–C) groups is 1. The van der Waals surface area contributed by atoms with Crippen molar-refractivity contribution in [1.29, 1.82) is 5.41 Å². The minimum Gasteiger partial charge on any atom is -0.378 e. The van der Waals surface area contributed by atoms with Crippen molar-refractivity contribution in [3.63, 3.8) is 0 Å². The van der Waals surface area contributed by atoms with Gasteiger partial charge in [-0.3, -0.25) is 10.2 Å². The van der Waals surface area contributed by atoms with E-state index >= 15 is 0 Å². The van der Waals surface area contributed by atoms with Crippen LogP contribution in [0.5, 0.6) is 0 Å². The Kier molecular flexibility index (Phi) is 3.62. The van der Waals surface area contributed by atoms with Gasteiger partial charge >= 0.3 is 0 Å². The lowest BCUT2D eigenvalue weighted by Gasteiger charge is -2.11. The Hall–Kier alpha value is -1.88. The highest BCUT2D eigenvalue weighted by Gasteiger charge is 2.17. The van der Waals surface area contributed by atoms with E-state index in [0.717, 1.165) is 16.2 Å². The molecule has 0 unspecified atom stereocenters. The predicted molar refractivity (Wildman–Crippen MR) is 77.6 cm³/mol. The van der Waals surface area contributed by atoms with Crippen LogP contribution in [0.2, 0.25) is 0 Å². The zero-order chi connectivity index (χ0) is 13.1. The van der Waals surface area contributed by atoms with Crippen molar-refractivity contribution in [2.75, 3.05) is 19.0 Å². The summed E-state index contributed by atoms with van der Waals surface area (Å²) in [6, 6.07) is 7.98. The lowest BCUT2D eigenvalue weighted by atomic mass is 10.1. The van der Waals surface area contributed by atoms with Crippen LogP contribution in [0.3, 0.4) is 0 Å². The molecule has 1 aromatic rings. The Morgan fingerprint density at radius 1 is 1.28 bits per heavy atom. The molecule has 1 N–H and O–H groups in total. The number of hydrogen-bond donors (Lipinski definition) is 1. The van der Waals surface area contributed by atoms with E-state index in [9.17, 15) is 4.79 Å². The number of amidine groups is 1. The van der Waals surface area contributed by atoms with Crippen LogP contribution in [0.15, 0.2) is 34.2 Å². The van der Waals surface area contributed by atoms with E-state index in [1.54, 1.807) is 0 Å². The largest absolute Gasteiger partial charge is 0.378 e. The average Bonchev–Trinajstić information content (AvgIpc) is 2.70. The van der Waals surface area contributed by atoms with Crippen LogP contribution in [0.25, 0.3) is 6.08 Å². The topological polar surface area (TPSA) is 56.5 Å². The minimum atomic E-state index is 0.160. The molecule has 0 fully saturated rings. The Balaban J connectivity index is 2.26. The number of aldehydes is 1. The molecule has 0 radical (unpaired) electrons. The smallest absolute Gasteiger partial charge is 0.185 e. The third-order valence-electron chi connectivity index (χ3n) is 2.50. The molecule has 1 aliphatic rings. The van der Waals surface area contributed by atoms with Crippen LogP contribution in [-0.4, -0.2) is 31.3 Å². The fourth-order valence-corrected chi connectivity index (χ4v) is 2.30. The van der Waals surface area contributed by atoms with Gasteiger partial charge in [0.15, 0.2) is 11.5 Å². The van der Waals surface area contributed by atoms with Gasteiger partial charge in [-0.25, -0.2) is 4.99 Å². The number of nitrogens with one attached hydrogen (secondary N) is 1. The zero-order valence-electron chi connectivity index (χ0n) is 10.2. The summed E-state index contributed by atoms with van der Waals surface area (Å²) in [6.07, 6.45) is 2.56. The first-order valence-electron chi connectivity index (χ1n) is 5.40. The maximum atomic E-state index is 10.8. The molecule has 1 heterocycles. The second-order valence-corrected chi connectivity index (χ2v) is 5.05. The summed E-state index contributed by atoms with van der Waals surface area (Å²) in [7, 11) is 3.97. The van der Waals surface area contributed by atoms with Gasteiger partial charge in [-0.2, -0.15) is 0 Å². The standard InChI is InChI=1S/C13H13N3OS/c1-16(2)10-5-3-9(4-6-10)7-12-11(8-17)15-13(14)18-12/h3-8,14H,1-2H3. The molecule has 2 rings (SSSR count). The first kappa shape index (κ1) is 12.6. The van der Waals surface area contributed by atoms with Crippen LogP contribution in [0.1, 0.15) is 5.56 Å². The number of rotatable bonds is 3. The van der Waals surface area contributed by atoms with E-state index in [1.807, 2.05) is 49.3 Å². The number of allylic oxidation sites excluding steroid dienone is 1. The predicted octanol–water partition coefficient (Wildman–Crippen LogP) is 2.41. The average molecular weight is 259 g/mol. The molecule has 0 amide bonds. The molecule has 0 atom stereocenters. The number of carbonyl (C=O) groups excluding carboxylic acids is 1. The van der Waals surface area contributed by atoms with Crippen molar-refractivity contribution >= 4 is 40.7 Å². The summed E-state index contributed by atoms with van der Waals surface area (Å²) in [6.45, 7) is 0. The maximum Gasteiger partial charge on any atom is 0.185 e. The molecule has 1 aliphatic heterocycles. The molecular formula is C13H13N3OS. The highest BCUT2D eigenvalue weighted by Crippen LogP contribution is 2.28. The van der Waals surface area contributed by atoms with Crippen LogP contribution < -0.4 is 4.90 Å². The van der Waals surface area contributed by atoms with Gasteiger partial charge < -0.3 is 4.90 Å².